The third-order valence-electron chi connectivity index (χ3n) is 4.48. The summed E-state index contributed by atoms with van der Waals surface area (Å²) in [6.07, 6.45) is 3.96. The lowest BCUT2D eigenvalue weighted by molar-refractivity contribution is 0.0703. The highest BCUT2D eigenvalue weighted by atomic mass is 16.5. The monoisotopic (exact) mass is 405 g/mol. The number of rotatable bonds is 8. The molecule has 6 heteroatoms. The van der Waals surface area contributed by atoms with Gasteiger partial charge in [-0.15, -0.1) is 0 Å². The van der Waals surface area contributed by atoms with Gasteiger partial charge in [0.25, 0.3) is 5.91 Å². The Labute approximate surface area is 175 Å². The third kappa shape index (κ3) is 5.40. The van der Waals surface area contributed by atoms with Crippen LogP contribution < -0.4 is 19.7 Å². The number of methoxy groups -OCH3 is 2. The van der Waals surface area contributed by atoms with Gasteiger partial charge in [0.1, 0.15) is 23.9 Å². The second-order valence-electron chi connectivity index (χ2n) is 6.44. The zero-order valence-electron chi connectivity index (χ0n) is 16.8. The minimum Gasteiger partial charge on any atom is -0.497 e. The molecule has 0 fully saturated rings. The van der Waals surface area contributed by atoms with E-state index in [9.17, 15) is 4.79 Å². The van der Waals surface area contributed by atoms with Gasteiger partial charge in [0.2, 0.25) is 0 Å². The van der Waals surface area contributed by atoms with E-state index in [0.717, 1.165) is 22.6 Å². The molecule has 154 valence electrons. The summed E-state index contributed by atoms with van der Waals surface area (Å²) >= 11 is 0. The second-order valence-corrected chi connectivity index (χ2v) is 6.44. The summed E-state index contributed by atoms with van der Waals surface area (Å²) in [5, 5.41) is 8.86. The number of benzene rings is 3. The van der Waals surface area contributed by atoms with E-state index in [1.165, 1.54) is 0 Å². The molecule has 0 bridgehead atoms. The van der Waals surface area contributed by atoms with Gasteiger partial charge in [-0.05, 0) is 41.5 Å². The van der Waals surface area contributed by atoms with Gasteiger partial charge < -0.3 is 14.2 Å². The Balaban J connectivity index is 1.66. The Morgan fingerprint density at radius 1 is 0.867 bits per heavy atom. The molecule has 0 aliphatic carbocycles. The molecule has 0 unspecified atom stereocenters. The topological polar surface area (TPSA) is 77.0 Å². The van der Waals surface area contributed by atoms with Crippen LogP contribution in [0.2, 0.25) is 0 Å². The van der Waals surface area contributed by atoms with Crippen LogP contribution in [0.3, 0.4) is 0 Å². The van der Waals surface area contributed by atoms with Crippen molar-refractivity contribution in [1.82, 2.24) is 5.48 Å². The van der Waals surface area contributed by atoms with Gasteiger partial charge in [0, 0.05) is 17.2 Å². The van der Waals surface area contributed by atoms with Crippen LogP contribution in [0.4, 0.5) is 0 Å². The lowest BCUT2D eigenvalue weighted by Gasteiger charge is -2.10. The van der Waals surface area contributed by atoms with Crippen LogP contribution >= 0.6 is 0 Å². The number of hydroxylamine groups is 1. The molecule has 0 radical (unpaired) electrons. The van der Waals surface area contributed by atoms with Gasteiger partial charge in [-0.3, -0.25) is 10.0 Å². The summed E-state index contributed by atoms with van der Waals surface area (Å²) in [6.45, 7) is 0.211. The SMILES string of the molecule is COc1cc(/C=C/c2ccc(OCc3ccccc3C(=O)NO)cc2)cc(OC)c1. The first-order valence-corrected chi connectivity index (χ1v) is 9.29. The molecule has 0 aliphatic rings. The number of hydrogen-bond acceptors (Lipinski definition) is 5. The summed E-state index contributed by atoms with van der Waals surface area (Å²) in [5.74, 6) is 1.57. The average Bonchev–Trinajstić information content (AvgIpc) is 2.81. The molecule has 3 aromatic carbocycles. The fraction of sp³-hybridized carbons (Fsp3) is 0.125. The largest absolute Gasteiger partial charge is 0.497 e. The number of ether oxygens (including phenoxy) is 3. The van der Waals surface area contributed by atoms with Crippen LogP contribution in [0.25, 0.3) is 12.2 Å². The highest BCUT2D eigenvalue weighted by Crippen LogP contribution is 2.24. The molecule has 0 heterocycles. The van der Waals surface area contributed by atoms with Crippen molar-refractivity contribution >= 4 is 18.1 Å². The summed E-state index contributed by atoms with van der Waals surface area (Å²) in [6, 6.07) is 20.2. The van der Waals surface area contributed by atoms with Crippen LogP contribution in [-0.4, -0.2) is 25.3 Å². The van der Waals surface area contributed by atoms with Crippen LogP contribution in [0.5, 0.6) is 17.2 Å². The van der Waals surface area contributed by atoms with E-state index < -0.39 is 5.91 Å². The first-order valence-electron chi connectivity index (χ1n) is 9.29. The van der Waals surface area contributed by atoms with Crippen LogP contribution in [0.15, 0.2) is 66.7 Å². The summed E-state index contributed by atoms with van der Waals surface area (Å²) in [4.78, 5) is 11.7. The summed E-state index contributed by atoms with van der Waals surface area (Å²) < 4.78 is 16.4. The van der Waals surface area contributed by atoms with Crippen molar-refractivity contribution in [2.75, 3.05) is 14.2 Å². The van der Waals surface area contributed by atoms with E-state index in [0.29, 0.717) is 16.9 Å². The van der Waals surface area contributed by atoms with Crippen molar-refractivity contribution in [2.24, 2.45) is 0 Å². The molecule has 0 aromatic heterocycles. The lowest BCUT2D eigenvalue weighted by atomic mass is 10.1. The number of amides is 1. The van der Waals surface area contributed by atoms with Crippen molar-refractivity contribution < 1.29 is 24.2 Å². The van der Waals surface area contributed by atoms with Gasteiger partial charge in [0.15, 0.2) is 0 Å². The number of nitrogens with one attached hydrogen (secondary N) is 1. The molecule has 0 atom stereocenters. The van der Waals surface area contributed by atoms with Crippen LogP contribution in [0.1, 0.15) is 27.0 Å². The first kappa shape index (κ1) is 21.0. The number of carbonyl (C=O) groups is 1. The Bertz CT molecular complexity index is 1010. The van der Waals surface area contributed by atoms with Crippen LogP contribution in [-0.2, 0) is 6.61 Å². The molecule has 3 rings (SSSR count). The Morgan fingerprint density at radius 2 is 1.50 bits per heavy atom. The van der Waals surface area contributed by atoms with E-state index in [4.69, 9.17) is 19.4 Å². The van der Waals surface area contributed by atoms with Crippen LogP contribution in [0, 0.1) is 0 Å². The standard InChI is InChI=1S/C24H23NO5/c1-28-21-13-18(14-22(15-21)29-2)8-7-17-9-11-20(12-10-17)30-16-19-5-3-4-6-23(19)24(26)25-27/h3-15,27H,16H2,1-2H3,(H,25,26)/b8-7+. The molecule has 3 aromatic rings. The van der Waals surface area contributed by atoms with Gasteiger partial charge in [0.05, 0.1) is 14.2 Å². The van der Waals surface area contributed by atoms with E-state index in [1.807, 2.05) is 60.7 Å². The highest BCUT2D eigenvalue weighted by molar-refractivity contribution is 5.94. The Morgan fingerprint density at radius 3 is 2.13 bits per heavy atom. The van der Waals surface area contributed by atoms with Gasteiger partial charge in [-0.25, -0.2) is 5.48 Å². The molecule has 2 N–H and O–H groups in total. The molecule has 0 saturated carbocycles. The summed E-state index contributed by atoms with van der Waals surface area (Å²) in [5.41, 5.74) is 4.67. The Hall–Kier alpha value is -3.77. The quantitative estimate of drug-likeness (QED) is 0.326. The predicted octanol–water partition coefficient (Wildman–Crippen LogP) is 4.57. The smallest absolute Gasteiger partial charge is 0.275 e. The van der Waals surface area contributed by atoms with E-state index >= 15 is 0 Å². The second kappa shape index (κ2) is 10.1. The van der Waals surface area contributed by atoms with Crippen molar-refractivity contribution in [1.29, 1.82) is 0 Å². The minimum atomic E-state index is -0.566. The minimum absolute atomic E-state index is 0.211. The van der Waals surface area contributed by atoms with Gasteiger partial charge in [-0.2, -0.15) is 0 Å². The third-order valence-corrected chi connectivity index (χ3v) is 4.48. The van der Waals surface area contributed by atoms with Crippen molar-refractivity contribution in [2.45, 2.75) is 6.61 Å². The maximum atomic E-state index is 11.7. The maximum absolute atomic E-state index is 11.7. The molecule has 6 nitrogen and oxygen atoms in total. The van der Waals surface area contributed by atoms with Gasteiger partial charge in [-0.1, -0.05) is 42.5 Å². The van der Waals surface area contributed by atoms with Gasteiger partial charge >= 0.3 is 0 Å². The molecular formula is C24H23NO5. The molecule has 0 aliphatic heterocycles. The highest BCUT2D eigenvalue weighted by Gasteiger charge is 2.10. The fourth-order valence-electron chi connectivity index (χ4n) is 2.88. The van der Waals surface area contributed by atoms with Crippen molar-refractivity contribution in [3.8, 4) is 17.2 Å². The molecular weight excluding hydrogens is 382 g/mol. The van der Waals surface area contributed by atoms with E-state index in [1.54, 1.807) is 37.9 Å². The molecule has 0 spiro atoms. The fourth-order valence-corrected chi connectivity index (χ4v) is 2.88. The predicted molar refractivity (Wildman–Crippen MR) is 115 cm³/mol. The summed E-state index contributed by atoms with van der Waals surface area (Å²) in [7, 11) is 3.24. The zero-order chi connectivity index (χ0) is 21.3. The normalized spacial score (nSPS) is 10.6. The average molecular weight is 405 g/mol. The number of hydrogen-bond donors (Lipinski definition) is 2. The van der Waals surface area contributed by atoms with E-state index in [2.05, 4.69) is 0 Å². The Kier molecular flexibility index (Phi) is 7.08. The van der Waals surface area contributed by atoms with Crippen molar-refractivity contribution in [3.05, 3.63) is 89.0 Å². The number of carbonyl (C=O) groups excluding carboxylic acids is 1. The van der Waals surface area contributed by atoms with Crippen molar-refractivity contribution in [3.63, 3.8) is 0 Å². The first-order chi connectivity index (χ1) is 14.6. The lowest BCUT2D eigenvalue weighted by Crippen LogP contribution is -2.20. The van der Waals surface area contributed by atoms with E-state index in [-0.39, 0.29) is 6.61 Å². The molecule has 30 heavy (non-hydrogen) atoms. The molecule has 0 saturated heterocycles. The maximum Gasteiger partial charge on any atom is 0.275 e. The zero-order valence-corrected chi connectivity index (χ0v) is 16.8. The molecule has 1 amide bonds.